The summed E-state index contributed by atoms with van der Waals surface area (Å²) in [6, 6.07) is 7.74. The lowest BCUT2D eigenvalue weighted by Gasteiger charge is -2.03. The van der Waals surface area contributed by atoms with E-state index in [1.54, 1.807) is 0 Å². The van der Waals surface area contributed by atoms with E-state index in [2.05, 4.69) is 27.8 Å². The third-order valence-electron chi connectivity index (χ3n) is 2.04. The second-order valence-corrected chi connectivity index (χ2v) is 4.11. The van der Waals surface area contributed by atoms with E-state index in [1.807, 2.05) is 24.3 Å². The van der Waals surface area contributed by atoms with Crippen LogP contribution in [0.1, 0.15) is 5.56 Å². The molecule has 0 spiro atoms. The molecule has 0 aliphatic rings. The van der Waals surface area contributed by atoms with E-state index >= 15 is 0 Å². The van der Waals surface area contributed by atoms with Crippen LogP contribution in [0.4, 0.5) is 0 Å². The first kappa shape index (κ1) is 8.97. The van der Waals surface area contributed by atoms with E-state index in [1.165, 1.54) is 5.56 Å². The van der Waals surface area contributed by atoms with Gasteiger partial charge in [0.15, 0.2) is 0 Å². The van der Waals surface area contributed by atoms with Crippen molar-refractivity contribution in [1.29, 1.82) is 0 Å². The first-order valence-corrected chi connectivity index (χ1v) is 5.07. The molecule has 0 fully saturated rings. The zero-order chi connectivity index (χ0) is 9.42. The molecule has 1 aromatic heterocycles. The fourth-order valence-electron chi connectivity index (χ4n) is 1.30. The molecule has 0 aliphatic heterocycles. The Bertz CT molecular complexity index is 468. The van der Waals surface area contributed by atoms with Gasteiger partial charge in [-0.25, -0.2) is 4.98 Å². The van der Waals surface area contributed by atoms with Crippen LogP contribution in [0, 0.1) is 6.92 Å². The summed E-state index contributed by atoms with van der Waals surface area (Å²) in [7, 11) is 0. The molecule has 0 unspecified atom stereocenters. The highest BCUT2D eigenvalue weighted by Gasteiger charge is 2.02. The van der Waals surface area contributed by atoms with Gasteiger partial charge in [-0.05, 0) is 36.8 Å². The van der Waals surface area contributed by atoms with Crippen LogP contribution >= 0.6 is 27.5 Å². The minimum atomic E-state index is 0.536. The zero-order valence-corrected chi connectivity index (χ0v) is 9.35. The van der Waals surface area contributed by atoms with Crippen molar-refractivity contribution in [1.82, 2.24) is 4.98 Å². The summed E-state index contributed by atoms with van der Waals surface area (Å²) >= 11 is 9.26. The molecule has 0 saturated heterocycles. The van der Waals surface area contributed by atoms with E-state index in [-0.39, 0.29) is 0 Å². The number of halogens is 2. The molecule has 1 aromatic carbocycles. The Kier molecular flexibility index (Phi) is 2.26. The molecule has 0 amide bonds. The first-order chi connectivity index (χ1) is 6.18. The predicted molar refractivity (Wildman–Crippen MR) is 59.2 cm³/mol. The highest BCUT2D eigenvalue weighted by molar-refractivity contribution is 9.10. The molecule has 0 radical (unpaired) electrons. The molecule has 0 saturated carbocycles. The summed E-state index contributed by atoms with van der Waals surface area (Å²) in [5.74, 6) is 0. The van der Waals surface area contributed by atoms with Gasteiger partial charge in [0, 0.05) is 9.86 Å². The topological polar surface area (TPSA) is 12.9 Å². The van der Waals surface area contributed by atoms with Gasteiger partial charge in [-0.2, -0.15) is 0 Å². The lowest BCUT2D eigenvalue weighted by molar-refractivity contribution is 1.38. The van der Waals surface area contributed by atoms with Crippen molar-refractivity contribution in [3.05, 3.63) is 39.5 Å². The van der Waals surface area contributed by atoms with Crippen molar-refractivity contribution in [3.8, 4) is 0 Å². The van der Waals surface area contributed by atoms with Crippen molar-refractivity contribution < 1.29 is 0 Å². The second kappa shape index (κ2) is 3.28. The third-order valence-corrected chi connectivity index (χ3v) is 3.11. The van der Waals surface area contributed by atoms with Crippen LogP contribution in [0.15, 0.2) is 28.7 Å². The van der Waals surface area contributed by atoms with Crippen LogP contribution < -0.4 is 0 Å². The molecule has 0 N–H and O–H groups in total. The number of aromatic nitrogens is 1. The minimum Gasteiger partial charge on any atom is -0.236 e. The number of hydrogen-bond donors (Lipinski definition) is 0. The summed E-state index contributed by atoms with van der Waals surface area (Å²) in [5, 5.41) is 1.67. The number of nitrogens with zero attached hydrogens (tertiary/aromatic N) is 1. The molecule has 0 atom stereocenters. The summed E-state index contributed by atoms with van der Waals surface area (Å²) in [6.45, 7) is 2.06. The fourth-order valence-corrected chi connectivity index (χ4v) is 1.80. The highest BCUT2D eigenvalue weighted by Crippen LogP contribution is 2.25. The highest BCUT2D eigenvalue weighted by atomic mass is 79.9. The van der Waals surface area contributed by atoms with E-state index in [0.29, 0.717) is 5.15 Å². The Morgan fingerprint density at radius 1 is 1.23 bits per heavy atom. The van der Waals surface area contributed by atoms with Crippen LogP contribution in [0.3, 0.4) is 0 Å². The molecule has 0 bridgehead atoms. The Balaban J connectivity index is 2.87. The number of hydrogen-bond acceptors (Lipinski definition) is 1. The molecule has 0 aliphatic carbocycles. The Morgan fingerprint density at radius 2 is 2.00 bits per heavy atom. The van der Waals surface area contributed by atoms with Gasteiger partial charge in [0.1, 0.15) is 5.15 Å². The van der Waals surface area contributed by atoms with Gasteiger partial charge in [-0.1, -0.05) is 27.5 Å². The van der Waals surface area contributed by atoms with E-state index in [0.717, 1.165) is 15.4 Å². The maximum Gasteiger partial charge on any atom is 0.129 e. The smallest absolute Gasteiger partial charge is 0.129 e. The zero-order valence-electron chi connectivity index (χ0n) is 7.01. The van der Waals surface area contributed by atoms with Gasteiger partial charge in [0.2, 0.25) is 0 Å². The van der Waals surface area contributed by atoms with Crippen molar-refractivity contribution in [3.63, 3.8) is 0 Å². The van der Waals surface area contributed by atoms with Crippen LogP contribution in [0.5, 0.6) is 0 Å². The van der Waals surface area contributed by atoms with Crippen molar-refractivity contribution in [2.24, 2.45) is 0 Å². The number of fused-ring (bicyclic) bond motifs is 1. The predicted octanol–water partition coefficient (Wildman–Crippen LogP) is 3.96. The average Bonchev–Trinajstić information content (AvgIpc) is 2.12. The summed E-state index contributed by atoms with van der Waals surface area (Å²) in [6.07, 6.45) is 0. The van der Waals surface area contributed by atoms with E-state index in [9.17, 15) is 0 Å². The second-order valence-electron chi connectivity index (χ2n) is 2.87. The Labute approximate surface area is 89.9 Å². The number of aryl methyl sites for hydroxylation is 1. The van der Waals surface area contributed by atoms with Crippen molar-refractivity contribution in [2.45, 2.75) is 6.92 Å². The maximum atomic E-state index is 5.79. The normalized spacial score (nSPS) is 10.7. The first-order valence-electron chi connectivity index (χ1n) is 3.90. The van der Waals surface area contributed by atoms with E-state index < -0.39 is 0 Å². The van der Waals surface area contributed by atoms with Crippen LogP contribution in [-0.4, -0.2) is 4.98 Å². The summed E-state index contributed by atoms with van der Waals surface area (Å²) in [4.78, 5) is 4.22. The molecule has 1 nitrogen and oxygen atoms in total. The Morgan fingerprint density at radius 3 is 2.77 bits per heavy atom. The van der Waals surface area contributed by atoms with Gasteiger partial charge >= 0.3 is 0 Å². The minimum absolute atomic E-state index is 0.536. The number of benzene rings is 1. The Hall–Kier alpha value is -0.600. The monoisotopic (exact) mass is 255 g/mol. The van der Waals surface area contributed by atoms with Crippen LogP contribution in [0.2, 0.25) is 5.15 Å². The molecule has 1 heterocycles. The average molecular weight is 257 g/mol. The molecule has 2 aromatic rings. The lowest BCUT2D eigenvalue weighted by Crippen LogP contribution is -1.83. The summed E-state index contributed by atoms with van der Waals surface area (Å²) in [5.41, 5.74) is 2.13. The SMILES string of the molecule is Cc1c(Br)ccc2nc(Cl)ccc12. The van der Waals surface area contributed by atoms with E-state index in [4.69, 9.17) is 11.6 Å². The molecular weight excluding hydrogens is 249 g/mol. The third kappa shape index (κ3) is 1.56. The van der Waals surface area contributed by atoms with Crippen molar-refractivity contribution >= 4 is 38.4 Å². The summed E-state index contributed by atoms with van der Waals surface area (Å²) < 4.78 is 1.10. The van der Waals surface area contributed by atoms with Gasteiger partial charge in [0.05, 0.1) is 5.52 Å². The van der Waals surface area contributed by atoms with Crippen molar-refractivity contribution in [2.75, 3.05) is 0 Å². The maximum absolute atomic E-state index is 5.79. The van der Waals surface area contributed by atoms with Gasteiger partial charge < -0.3 is 0 Å². The van der Waals surface area contributed by atoms with Gasteiger partial charge in [0.25, 0.3) is 0 Å². The molecule has 3 heteroatoms. The number of rotatable bonds is 0. The van der Waals surface area contributed by atoms with Crippen LogP contribution in [0.25, 0.3) is 10.9 Å². The molecule has 66 valence electrons. The quantitative estimate of drug-likeness (QED) is 0.650. The fraction of sp³-hybridized carbons (Fsp3) is 0.100. The number of pyridine rings is 1. The molecule has 2 rings (SSSR count). The largest absolute Gasteiger partial charge is 0.236 e. The van der Waals surface area contributed by atoms with Gasteiger partial charge in [-0.15, -0.1) is 0 Å². The lowest BCUT2D eigenvalue weighted by atomic mass is 10.1. The van der Waals surface area contributed by atoms with Gasteiger partial charge in [-0.3, -0.25) is 0 Å². The molecular formula is C10H7BrClN. The van der Waals surface area contributed by atoms with Crippen LogP contribution in [-0.2, 0) is 0 Å². The standard InChI is InChI=1S/C10H7BrClN/c1-6-7-2-5-10(12)13-9(7)4-3-8(6)11/h2-5H,1H3. The molecule has 13 heavy (non-hydrogen) atoms.